The first-order chi connectivity index (χ1) is 7.36. The molecule has 6 N–H and O–H groups in total. The fourth-order valence-corrected chi connectivity index (χ4v) is 10.5. The van der Waals surface area contributed by atoms with Gasteiger partial charge in [-0.1, -0.05) is 9.72 Å². The highest BCUT2D eigenvalue weighted by Gasteiger charge is 2.67. The van der Waals surface area contributed by atoms with E-state index in [1.54, 1.807) is 0 Å². The Labute approximate surface area is 96.0 Å². The second-order valence-corrected chi connectivity index (χ2v) is 10.4. The van der Waals surface area contributed by atoms with Gasteiger partial charge in [-0.3, -0.25) is 10.7 Å². The van der Waals surface area contributed by atoms with Gasteiger partial charge in [0.15, 0.2) is 0 Å². The molecule has 0 atom stereocenters. The van der Waals surface area contributed by atoms with Crippen LogP contribution < -0.4 is 20.1 Å². The molecule has 1 aliphatic heterocycles. The minimum atomic E-state index is -2.86. The van der Waals surface area contributed by atoms with Crippen LogP contribution in [0.15, 0.2) is 0 Å². The average molecular weight is 293 g/mol. The molecular weight excluding hydrogens is 275 g/mol. The van der Waals surface area contributed by atoms with Gasteiger partial charge in [0, 0.05) is 0 Å². The van der Waals surface area contributed by atoms with E-state index >= 15 is 0 Å². The van der Waals surface area contributed by atoms with Crippen LogP contribution in [0.5, 0.6) is 0 Å². The molecule has 1 fully saturated rings. The largest absolute Gasteiger partial charge is 0.477 e. The van der Waals surface area contributed by atoms with Crippen LogP contribution in [0.2, 0.25) is 0 Å². The highest BCUT2D eigenvalue weighted by molar-refractivity contribution is 7.91. The van der Waals surface area contributed by atoms with Gasteiger partial charge in [0.05, 0.1) is 33.3 Å². The molecule has 1 saturated heterocycles. The van der Waals surface area contributed by atoms with Crippen LogP contribution >= 0.6 is 23.5 Å². The normalized spacial score (nSPS) is 26.6. The van der Waals surface area contributed by atoms with Crippen molar-refractivity contribution in [3.8, 4) is 0 Å². The molecule has 1 aliphatic rings. The summed E-state index contributed by atoms with van der Waals surface area (Å²) in [6, 6.07) is 0. The predicted molar refractivity (Wildman–Crippen MR) is 65.1 cm³/mol. The zero-order chi connectivity index (χ0) is 12.4. The van der Waals surface area contributed by atoms with E-state index in [0.29, 0.717) is 0 Å². The molecule has 0 bridgehead atoms. The lowest BCUT2D eigenvalue weighted by Crippen LogP contribution is -2.44. The fraction of sp³-hybridized carbons (Fsp3) is 1.00. The number of hydrogen-bond acceptors (Lipinski definition) is 6. The van der Waals surface area contributed by atoms with E-state index in [1.165, 1.54) is 28.4 Å². The Morgan fingerprint density at radius 1 is 0.938 bits per heavy atom. The SMILES string of the molecule is CO[P+]1(OC)NP(=N)(N)N[P+](OC)(OC)N1. The molecule has 0 radical (unpaired) electrons. The van der Waals surface area contributed by atoms with Crippen LogP contribution in [0.4, 0.5) is 0 Å². The van der Waals surface area contributed by atoms with Crippen LogP contribution in [0.3, 0.4) is 0 Å². The first-order valence-corrected chi connectivity index (χ1v) is 9.29. The van der Waals surface area contributed by atoms with Crippen LogP contribution in [-0.4, -0.2) is 28.4 Å². The van der Waals surface area contributed by atoms with E-state index in [0.717, 1.165) is 0 Å². The molecule has 0 spiro atoms. The molecule has 12 heteroatoms. The van der Waals surface area contributed by atoms with Crippen LogP contribution in [0, 0.1) is 5.16 Å². The van der Waals surface area contributed by atoms with Crippen molar-refractivity contribution >= 4 is 23.5 Å². The number of nitrogens with one attached hydrogen (secondary N) is 4. The van der Waals surface area contributed by atoms with E-state index in [4.69, 9.17) is 28.8 Å². The summed E-state index contributed by atoms with van der Waals surface area (Å²) >= 11 is 0. The smallest absolute Gasteiger partial charge is 0.273 e. The van der Waals surface area contributed by atoms with Crippen LogP contribution in [-0.2, 0) is 18.1 Å². The molecule has 0 aliphatic carbocycles. The summed E-state index contributed by atoms with van der Waals surface area (Å²) in [5, 5.41) is 7.91. The summed E-state index contributed by atoms with van der Waals surface area (Å²) in [6.07, 6.45) is 0. The summed E-state index contributed by atoms with van der Waals surface area (Å²) in [5.41, 5.74) is 5.78. The second kappa shape index (κ2) is 5.18. The molecule has 16 heavy (non-hydrogen) atoms. The second-order valence-electron chi connectivity index (χ2n) is 2.86. The average Bonchev–Trinajstić information content (AvgIpc) is 2.26. The van der Waals surface area contributed by atoms with Crippen molar-refractivity contribution in [2.24, 2.45) is 5.50 Å². The van der Waals surface area contributed by atoms with Crippen molar-refractivity contribution in [2.75, 3.05) is 28.4 Å². The maximum absolute atomic E-state index is 7.91. The van der Waals surface area contributed by atoms with Gasteiger partial charge in [-0.05, 0) is 0 Å². The Balaban J connectivity index is 3.06. The van der Waals surface area contributed by atoms with Crippen molar-refractivity contribution in [3.05, 3.63) is 0 Å². The third-order valence-corrected chi connectivity index (χ3v) is 10.7. The van der Waals surface area contributed by atoms with Gasteiger partial charge < -0.3 is 0 Å². The summed E-state index contributed by atoms with van der Waals surface area (Å²) < 4.78 is 21.0. The lowest BCUT2D eigenvalue weighted by Gasteiger charge is -2.33. The molecule has 1 heterocycles. The number of hydrogen-bond donors (Lipinski definition) is 5. The highest BCUT2D eigenvalue weighted by Crippen LogP contribution is 2.75. The molecule has 0 aromatic carbocycles. The maximum Gasteiger partial charge on any atom is 0.477 e. The van der Waals surface area contributed by atoms with Gasteiger partial charge in [0.25, 0.3) is 0 Å². The fourth-order valence-electron chi connectivity index (χ4n) is 1.13. The standard InChI is InChI=1S/C4H18N5O4P3/c1-10-15(11-2)7-14(5,6)8-16(9-15,12-3)13-4/h9H,1-4H3,(H5,5,6,7,8)/q+2. The van der Waals surface area contributed by atoms with Crippen molar-refractivity contribution < 1.29 is 18.1 Å². The maximum atomic E-state index is 7.91. The van der Waals surface area contributed by atoms with Gasteiger partial charge >= 0.3 is 16.0 Å². The van der Waals surface area contributed by atoms with Crippen molar-refractivity contribution in [1.82, 2.24) is 14.6 Å². The zero-order valence-corrected chi connectivity index (χ0v) is 12.2. The Morgan fingerprint density at radius 2 is 1.25 bits per heavy atom. The first-order valence-electron chi connectivity index (χ1n) is 4.19. The molecule has 9 nitrogen and oxygen atoms in total. The van der Waals surface area contributed by atoms with Gasteiger partial charge in [0.1, 0.15) is 0 Å². The van der Waals surface area contributed by atoms with Crippen molar-refractivity contribution in [2.45, 2.75) is 0 Å². The topological polar surface area (TPSA) is 123 Å². The van der Waals surface area contributed by atoms with E-state index < -0.39 is 23.5 Å². The summed E-state index contributed by atoms with van der Waals surface area (Å²) in [6.45, 7) is 0. The minimum absolute atomic E-state index is 1.46. The van der Waals surface area contributed by atoms with E-state index in [2.05, 4.69) is 14.6 Å². The monoisotopic (exact) mass is 293 g/mol. The summed E-state index contributed by atoms with van der Waals surface area (Å²) in [5.74, 6) is 0. The summed E-state index contributed by atoms with van der Waals surface area (Å²) in [7, 11) is -2.32. The Morgan fingerprint density at radius 3 is 1.50 bits per heavy atom. The molecule has 0 saturated carbocycles. The van der Waals surface area contributed by atoms with Crippen molar-refractivity contribution in [1.29, 1.82) is 5.16 Å². The highest BCUT2D eigenvalue weighted by atomic mass is 31.3. The molecule has 0 amide bonds. The third-order valence-electron chi connectivity index (χ3n) is 1.87. The lowest BCUT2D eigenvalue weighted by molar-refractivity contribution is 0.278. The van der Waals surface area contributed by atoms with Crippen molar-refractivity contribution in [3.63, 3.8) is 0 Å². The third kappa shape index (κ3) is 2.96. The van der Waals surface area contributed by atoms with E-state index in [1.807, 2.05) is 0 Å². The van der Waals surface area contributed by atoms with E-state index in [-0.39, 0.29) is 0 Å². The molecule has 0 aromatic heterocycles. The van der Waals surface area contributed by atoms with Gasteiger partial charge in [0.2, 0.25) is 7.51 Å². The zero-order valence-electron chi connectivity index (χ0n) is 9.55. The van der Waals surface area contributed by atoms with Gasteiger partial charge in [-0.2, -0.15) is 18.1 Å². The van der Waals surface area contributed by atoms with Gasteiger partial charge in [-0.15, -0.1) is 0 Å². The molecule has 0 aromatic rings. The summed E-state index contributed by atoms with van der Waals surface area (Å²) in [4.78, 5) is 8.57. The van der Waals surface area contributed by atoms with Crippen LogP contribution in [0.25, 0.3) is 0 Å². The molecular formula is C4H18N5O4P3+2. The first kappa shape index (κ1) is 14.8. The van der Waals surface area contributed by atoms with Gasteiger partial charge in [-0.25, -0.2) is 0 Å². The molecule has 0 unspecified atom stereocenters. The number of rotatable bonds is 4. The Hall–Kier alpha value is 0.770. The molecule has 96 valence electrons. The predicted octanol–water partition coefficient (Wildman–Crippen LogP) is 1.19. The van der Waals surface area contributed by atoms with Crippen LogP contribution in [0.1, 0.15) is 0 Å². The Bertz CT molecular complexity index is 271. The minimum Gasteiger partial charge on any atom is -0.273 e. The lowest BCUT2D eigenvalue weighted by atomic mass is 11.8. The molecule has 1 rings (SSSR count). The van der Waals surface area contributed by atoms with E-state index in [9.17, 15) is 0 Å². The Kier molecular flexibility index (Phi) is 4.80. The number of nitrogens with two attached hydrogens (primary N) is 1. The quantitative estimate of drug-likeness (QED) is 0.490.